The Morgan fingerprint density at radius 3 is 2.76 bits per heavy atom. The normalized spacial score (nSPS) is 20.7. The van der Waals surface area contributed by atoms with Gasteiger partial charge in [0.25, 0.3) is 0 Å². The molecule has 3 aliphatic rings. The number of rotatable bonds is 4. The summed E-state index contributed by atoms with van der Waals surface area (Å²) < 4.78 is 5.58. The number of aromatic nitrogens is 5. The molecule has 0 aliphatic carbocycles. The standard InChI is InChI=1S/C20H20N8O/c1-11-6-16(27-26-11)24-20-18-15(4-5-29-18)23-19(25-20)12-2-3-17(21-8-12)28-9-13-7-14(10-28)22-13/h2-6,8,13-14,22H,7,9-10H2,1H3,(H2,23,24,25,26,27). The van der Waals surface area contributed by atoms with Gasteiger partial charge >= 0.3 is 0 Å². The number of hydrogen-bond donors (Lipinski definition) is 3. The highest BCUT2D eigenvalue weighted by Crippen LogP contribution is 2.29. The number of pyridine rings is 1. The molecule has 2 unspecified atom stereocenters. The van der Waals surface area contributed by atoms with Crippen molar-refractivity contribution >= 4 is 28.6 Å². The second-order valence-electron chi connectivity index (χ2n) is 7.70. The highest BCUT2D eigenvalue weighted by Gasteiger charge is 2.36. The summed E-state index contributed by atoms with van der Waals surface area (Å²) in [6.07, 6.45) is 4.73. The fourth-order valence-electron chi connectivity index (χ4n) is 4.09. The molecular weight excluding hydrogens is 368 g/mol. The fraction of sp³-hybridized carbons (Fsp3) is 0.300. The third-order valence-electron chi connectivity index (χ3n) is 5.51. The summed E-state index contributed by atoms with van der Waals surface area (Å²) >= 11 is 0. The number of piperidine rings is 1. The van der Waals surface area contributed by atoms with Crippen LogP contribution in [-0.2, 0) is 0 Å². The lowest BCUT2D eigenvalue weighted by atomic mass is 9.91. The molecular formula is C20H20N8O. The number of fused-ring (bicyclic) bond motifs is 3. The number of H-pyrrole nitrogens is 1. The predicted octanol–water partition coefficient (Wildman–Crippen LogP) is 2.61. The number of piperazine rings is 1. The van der Waals surface area contributed by atoms with Gasteiger partial charge in [0, 0.05) is 54.8 Å². The van der Waals surface area contributed by atoms with Gasteiger partial charge in [0.2, 0.25) is 0 Å². The molecule has 7 heterocycles. The van der Waals surface area contributed by atoms with Crippen molar-refractivity contribution < 1.29 is 4.42 Å². The van der Waals surface area contributed by atoms with Gasteiger partial charge < -0.3 is 20.0 Å². The minimum atomic E-state index is 0.577. The SMILES string of the molecule is Cc1cc(Nc2nc(-c3ccc(N4CC5CC(C4)N5)nc3)nc3ccoc23)n[nH]1. The van der Waals surface area contributed by atoms with Crippen LogP contribution in [0, 0.1) is 6.92 Å². The molecule has 0 spiro atoms. The van der Waals surface area contributed by atoms with E-state index >= 15 is 0 Å². The van der Waals surface area contributed by atoms with Gasteiger partial charge in [-0.25, -0.2) is 15.0 Å². The quantitative estimate of drug-likeness (QED) is 0.490. The maximum atomic E-state index is 5.58. The first-order valence-electron chi connectivity index (χ1n) is 9.73. The van der Waals surface area contributed by atoms with E-state index in [9.17, 15) is 0 Å². The van der Waals surface area contributed by atoms with E-state index in [1.807, 2.05) is 37.4 Å². The van der Waals surface area contributed by atoms with E-state index in [4.69, 9.17) is 4.42 Å². The van der Waals surface area contributed by atoms with Crippen LogP contribution >= 0.6 is 0 Å². The molecule has 0 aromatic carbocycles. The van der Waals surface area contributed by atoms with Crippen LogP contribution in [0.15, 0.2) is 41.1 Å². The lowest BCUT2D eigenvalue weighted by Crippen LogP contribution is -2.67. The molecule has 2 bridgehead atoms. The number of anilines is 3. The van der Waals surface area contributed by atoms with Crippen LogP contribution in [0.2, 0.25) is 0 Å². The summed E-state index contributed by atoms with van der Waals surface area (Å²) in [6.45, 7) is 3.97. The van der Waals surface area contributed by atoms with E-state index in [0.29, 0.717) is 35.1 Å². The van der Waals surface area contributed by atoms with Crippen LogP contribution in [0.25, 0.3) is 22.5 Å². The summed E-state index contributed by atoms with van der Waals surface area (Å²) in [4.78, 5) is 16.3. The van der Waals surface area contributed by atoms with Gasteiger partial charge in [0.05, 0.1) is 6.26 Å². The second-order valence-corrected chi connectivity index (χ2v) is 7.70. The molecule has 3 saturated heterocycles. The van der Waals surface area contributed by atoms with Crippen molar-refractivity contribution in [2.45, 2.75) is 25.4 Å². The first-order valence-corrected chi connectivity index (χ1v) is 9.73. The molecule has 29 heavy (non-hydrogen) atoms. The molecule has 3 aliphatic heterocycles. The van der Waals surface area contributed by atoms with E-state index in [2.05, 4.69) is 40.7 Å². The lowest BCUT2D eigenvalue weighted by molar-refractivity contribution is 0.225. The fourth-order valence-corrected chi connectivity index (χ4v) is 4.09. The zero-order chi connectivity index (χ0) is 19.4. The van der Waals surface area contributed by atoms with Crippen molar-refractivity contribution in [3.05, 3.63) is 42.4 Å². The average Bonchev–Trinajstić information content (AvgIpc) is 3.36. The molecule has 7 rings (SSSR count). The first kappa shape index (κ1) is 16.5. The van der Waals surface area contributed by atoms with Crippen molar-refractivity contribution in [2.24, 2.45) is 0 Å². The molecule has 4 aromatic rings. The third kappa shape index (κ3) is 2.90. The molecule has 4 aromatic heterocycles. The third-order valence-corrected chi connectivity index (χ3v) is 5.51. The number of aryl methyl sites for hydroxylation is 1. The molecule has 9 nitrogen and oxygen atoms in total. The molecule has 0 amide bonds. The topological polar surface area (TPSA) is 108 Å². The summed E-state index contributed by atoms with van der Waals surface area (Å²) in [5.74, 6) is 2.85. The Morgan fingerprint density at radius 2 is 2.03 bits per heavy atom. The minimum absolute atomic E-state index is 0.577. The Balaban J connectivity index is 1.32. The average molecular weight is 388 g/mol. The van der Waals surface area contributed by atoms with Crippen LogP contribution in [-0.4, -0.2) is 50.3 Å². The van der Waals surface area contributed by atoms with Crippen molar-refractivity contribution in [1.29, 1.82) is 0 Å². The highest BCUT2D eigenvalue weighted by molar-refractivity contribution is 5.87. The van der Waals surface area contributed by atoms with Crippen LogP contribution in [0.4, 0.5) is 17.5 Å². The zero-order valence-electron chi connectivity index (χ0n) is 15.9. The van der Waals surface area contributed by atoms with Gasteiger partial charge in [-0.05, 0) is 25.5 Å². The summed E-state index contributed by atoms with van der Waals surface area (Å²) in [5.41, 5.74) is 3.15. The van der Waals surface area contributed by atoms with E-state index in [1.54, 1.807) is 6.26 Å². The van der Waals surface area contributed by atoms with Gasteiger partial charge in [0.15, 0.2) is 23.0 Å². The van der Waals surface area contributed by atoms with Crippen LogP contribution < -0.4 is 15.5 Å². The zero-order valence-corrected chi connectivity index (χ0v) is 15.9. The molecule has 3 fully saturated rings. The minimum Gasteiger partial charge on any atom is -0.459 e. The predicted molar refractivity (Wildman–Crippen MR) is 109 cm³/mol. The first-order chi connectivity index (χ1) is 14.2. The van der Waals surface area contributed by atoms with Crippen molar-refractivity contribution in [3.8, 4) is 11.4 Å². The van der Waals surface area contributed by atoms with Gasteiger partial charge in [-0.1, -0.05) is 0 Å². The molecule has 0 radical (unpaired) electrons. The maximum Gasteiger partial charge on any atom is 0.194 e. The van der Waals surface area contributed by atoms with Crippen molar-refractivity contribution in [1.82, 2.24) is 30.5 Å². The number of nitrogens with zero attached hydrogens (tertiary/aromatic N) is 5. The van der Waals surface area contributed by atoms with E-state index in [1.165, 1.54) is 6.42 Å². The van der Waals surface area contributed by atoms with Crippen molar-refractivity contribution in [2.75, 3.05) is 23.3 Å². The second kappa shape index (κ2) is 6.28. The van der Waals surface area contributed by atoms with Crippen molar-refractivity contribution in [3.63, 3.8) is 0 Å². The largest absolute Gasteiger partial charge is 0.459 e. The molecule has 3 N–H and O–H groups in total. The summed E-state index contributed by atoms with van der Waals surface area (Å²) in [5, 5.41) is 13.9. The molecule has 2 atom stereocenters. The monoisotopic (exact) mass is 388 g/mol. The lowest BCUT2D eigenvalue weighted by Gasteiger charge is -2.48. The Hall–Kier alpha value is -3.46. The summed E-state index contributed by atoms with van der Waals surface area (Å²) in [7, 11) is 0. The Morgan fingerprint density at radius 1 is 1.17 bits per heavy atom. The maximum absolute atomic E-state index is 5.58. The smallest absolute Gasteiger partial charge is 0.194 e. The Labute approximate surface area is 166 Å². The number of aromatic amines is 1. The van der Waals surface area contributed by atoms with Crippen LogP contribution in [0.5, 0.6) is 0 Å². The van der Waals surface area contributed by atoms with E-state index in [0.717, 1.165) is 35.7 Å². The molecule has 0 saturated carbocycles. The van der Waals surface area contributed by atoms with Gasteiger partial charge in [-0.2, -0.15) is 5.10 Å². The highest BCUT2D eigenvalue weighted by atomic mass is 16.3. The number of furan rings is 1. The van der Waals surface area contributed by atoms with Crippen LogP contribution in [0.1, 0.15) is 12.1 Å². The van der Waals surface area contributed by atoms with E-state index in [-0.39, 0.29) is 0 Å². The van der Waals surface area contributed by atoms with Gasteiger partial charge in [0.1, 0.15) is 11.3 Å². The Bertz CT molecular complexity index is 1160. The Kier molecular flexibility index (Phi) is 3.57. The molecule has 9 heteroatoms. The number of nitrogens with one attached hydrogen (secondary N) is 3. The van der Waals surface area contributed by atoms with E-state index < -0.39 is 0 Å². The van der Waals surface area contributed by atoms with Gasteiger partial charge in [-0.15, -0.1) is 0 Å². The van der Waals surface area contributed by atoms with Crippen LogP contribution in [0.3, 0.4) is 0 Å². The molecule has 146 valence electrons. The van der Waals surface area contributed by atoms with Gasteiger partial charge in [-0.3, -0.25) is 5.10 Å². The summed E-state index contributed by atoms with van der Waals surface area (Å²) in [6, 6.07) is 9.01. The number of hydrogen-bond acceptors (Lipinski definition) is 8.